The minimum atomic E-state index is -0.480. The average Bonchev–Trinajstić information content (AvgIpc) is 3.28. The summed E-state index contributed by atoms with van der Waals surface area (Å²) < 4.78 is 0. The van der Waals surface area contributed by atoms with E-state index >= 15 is 0 Å². The van der Waals surface area contributed by atoms with Gasteiger partial charge in [-0.1, -0.05) is 108 Å². The number of halogens is 2. The number of carbonyl (C=O) groups is 2. The van der Waals surface area contributed by atoms with Gasteiger partial charge in [0, 0.05) is 54.8 Å². The van der Waals surface area contributed by atoms with Crippen LogP contribution in [0.4, 0.5) is 34.1 Å². The van der Waals surface area contributed by atoms with Crippen molar-refractivity contribution in [1.82, 2.24) is 0 Å². The zero-order valence-electron chi connectivity index (χ0n) is 32.2. The first-order valence-corrected chi connectivity index (χ1v) is 19.3. The van der Waals surface area contributed by atoms with E-state index in [1.165, 1.54) is 35.2 Å². The van der Waals surface area contributed by atoms with Crippen LogP contribution < -0.4 is 10.2 Å². The smallest absolute Gasteiger partial charge is 0.259 e. The van der Waals surface area contributed by atoms with Gasteiger partial charge in [-0.15, -0.1) is 20.5 Å². The van der Waals surface area contributed by atoms with Gasteiger partial charge in [-0.25, -0.2) is 0 Å². The minimum Gasteiger partial charge on any atom is -0.506 e. The predicted octanol–water partition coefficient (Wildman–Crippen LogP) is 13.1. The average molecular weight is 906 g/mol. The number of fused-ring (bicyclic) bond motifs is 2. The van der Waals surface area contributed by atoms with Crippen molar-refractivity contribution in [2.24, 2.45) is 20.5 Å². The summed E-state index contributed by atoms with van der Waals surface area (Å²) in [5, 5.41) is 64.6. The van der Waals surface area contributed by atoms with Crippen LogP contribution in [-0.4, -0.2) is 32.7 Å². The molecular weight excluding hydrogens is 871 g/mol. The van der Waals surface area contributed by atoms with Crippen molar-refractivity contribution < 1.29 is 47.1 Å². The Morgan fingerprint density at radius 3 is 1.61 bits per heavy atom. The molecule has 0 radical (unpaired) electrons. The molecule has 0 aliphatic rings. The van der Waals surface area contributed by atoms with Gasteiger partial charge in [0.2, 0.25) is 6.41 Å². The van der Waals surface area contributed by atoms with Crippen molar-refractivity contribution in [3.05, 3.63) is 179 Å². The van der Waals surface area contributed by atoms with E-state index in [2.05, 4.69) is 25.8 Å². The molecule has 0 aliphatic heterocycles. The van der Waals surface area contributed by atoms with Gasteiger partial charge in [0.25, 0.3) is 5.91 Å². The number of amides is 2. The number of hydrogen-bond donors (Lipinski definition) is 5. The van der Waals surface area contributed by atoms with Crippen LogP contribution in [0.2, 0.25) is 10.0 Å². The fraction of sp³-hybridized carbons (Fsp3) is 0.0213. The molecule has 8 aromatic carbocycles. The second kappa shape index (κ2) is 20.3. The zero-order valence-corrected chi connectivity index (χ0v) is 34.9. The molecule has 0 heterocycles. The van der Waals surface area contributed by atoms with Crippen molar-refractivity contribution in [2.75, 3.05) is 10.2 Å². The van der Waals surface area contributed by atoms with Gasteiger partial charge >= 0.3 is 0 Å². The van der Waals surface area contributed by atoms with Crippen molar-refractivity contribution in [1.29, 1.82) is 0 Å². The maximum absolute atomic E-state index is 12.8. The minimum absolute atomic E-state index is 0. The molecule has 0 saturated heterocycles. The summed E-state index contributed by atoms with van der Waals surface area (Å²) in [6, 6.07) is 44.9. The third-order valence-corrected chi connectivity index (χ3v) is 9.76. The SMILES string of the molecule is O=C(Nc1ccccc1)c1cc2ccccc2c(N=Nc2cc(Cl)ccc2O)c1O.O=CN(Cc1cc2ccccc2c(N=Nc2cc(Cl)ccc2O)c1O)c1ccccc1.[Fe]. The Morgan fingerprint density at radius 1 is 0.581 bits per heavy atom. The number of benzene rings is 8. The number of azo groups is 2. The van der Waals surface area contributed by atoms with E-state index in [4.69, 9.17) is 23.2 Å². The van der Waals surface area contributed by atoms with Gasteiger partial charge in [0.05, 0.1) is 12.1 Å². The third kappa shape index (κ3) is 10.4. The Balaban J connectivity index is 0.000000204. The number of carbonyl (C=O) groups excluding carboxylic acids is 2. The van der Waals surface area contributed by atoms with Crippen LogP contribution in [0.15, 0.2) is 178 Å². The van der Waals surface area contributed by atoms with E-state index < -0.39 is 5.91 Å². The molecule has 0 atom stereocenters. The molecule has 0 fully saturated rings. The molecule has 0 aliphatic carbocycles. The summed E-state index contributed by atoms with van der Waals surface area (Å²) in [5.74, 6) is -1.07. The molecular formula is C47H34Cl2FeN6O6. The molecule has 62 heavy (non-hydrogen) atoms. The second-order valence-electron chi connectivity index (χ2n) is 13.4. The molecule has 12 nitrogen and oxygen atoms in total. The molecule has 310 valence electrons. The van der Waals surface area contributed by atoms with E-state index in [9.17, 15) is 30.0 Å². The van der Waals surface area contributed by atoms with Crippen molar-refractivity contribution in [3.63, 3.8) is 0 Å². The summed E-state index contributed by atoms with van der Waals surface area (Å²) in [6.45, 7) is 0.148. The molecule has 2 amide bonds. The first-order chi connectivity index (χ1) is 29.6. The second-order valence-corrected chi connectivity index (χ2v) is 14.2. The van der Waals surface area contributed by atoms with E-state index in [-0.39, 0.29) is 74.9 Å². The number of nitrogens with one attached hydrogen (secondary N) is 1. The van der Waals surface area contributed by atoms with Crippen molar-refractivity contribution >= 4 is 91.2 Å². The number of nitrogens with zero attached hydrogens (tertiary/aromatic N) is 5. The van der Waals surface area contributed by atoms with E-state index in [1.54, 1.807) is 48.5 Å². The fourth-order valence-corrected chi connectivity index (χ4v) is 6.59. The van der Waals surface area contributed by atoms with Gasteiger partial charge in [-0.05, 0) is 83.6 Å². The fourth-order valence-electron chi connectivity index (χ4n) is 6.26. The molecule has 8 rings (SSSR count). The summed E-state index contributed by atoms with van der Waals surface area (Å²) in [5.41, 5.74) is 2.56. The number of anilines is 2. The van der Waals surface area contributed by atoms with Crippen LogP contribution in [0.25, 0.3) is 21.5 Å². The maximum Gasteiger partial charge on any atom is 0.259 e. The topological polar surface area (TPSA) is 180 Å². The van der Waals surface area contributed by atoms with Crippen LogP contribution in [-0.2, 0) is 28.4 Å². The van der Waals surface area contributed by atoms with Crippen molar-refractivity contribution in [2.45, 2.75) is 6.54 Å². The van der Waals surface area contributed by atoms with Gasteiger partial charge < -0.3 is 30.6 Å². The Kier molecular flexibility index (Phi) is 14.5. The molecule has 0 bridgehead atoms. The largest absolute Gasteiger partial charge is 0.506 e. The Hall–Kier alpha value is -7.28. The van der Waals surface area contributed by atoms with Gasteiger partial charge in [0.15, 0.2) is 5.75 Å². The Bertz CT molecular complexity index is 2960. The van der Waals surface area contributed by atoms with Crippen LogP contribution in [0, 0.1) is 0 Å². The molecule has 0 spiro atoms. The number of phenols is 4. The number of hydrogen-bond acceptors (Lipinski definition) is 10. The summed E-state index contributed by atoms with van der Waals surface area (Å²) >= 11 is 11.9. The molecule has 0 unspecified atom stereocenters. The summed E-state index contributed by atoms with van der Waals surface area (Å²) in [7, 11) is 0. The predicted molar refractivity (Wildman–Crippen MR) is 239 cm³/mol. The van der Waals surface area contributed by atoms with Gasteiger partial charge in [-0.3, -0.25) is 9.59 Å². The van der Waals surface area contributed by atoms with Gasteiger partial charge in [0.1, 0.15) is 40.0 Å². The summed E-state index contributed by atoms with van der Waals surface area (Å²) in [4.78, 5) is 26.0. The van der Waals surface area contributed by atoms with E-state index in [0.717, 1.165) is 11.8 Å². The molecule has 0 saturated carbocycles. The van der Waals surface area contributed by atoms with Gasteiger partial charge in [-0.2, -0.15) is 0 Å². The number of rotatable bonds is 10. The normalized spacial score (nSPS) is 10.9. The maximum atomic E-state index is 12.8. The molecule has 8 aromatic rings. The number of para-hydroxylation sites is 2. The van der Waals surface area contributed by atoms with Crippen LogP contribution in [0.3, 0.4) is 0 Å². The Morgan fingerprint density at radius 2 is 1.06 bits per heavy atom. The summed E-state index contributed by atoms with van der Waals surface area (Å²) in [6.07, 6.45) is 0.717. The van der Waals surface area contributed by atoms with Crippen LogP contribution in [0.5, 0.6) is 23.0 Å². The standard InChI is InChI=1S/C24H18ClN3O3.C23H16ClN3O3.Fe/c25-18-10-11-22(30)21(13-18)26-27-23-20-9-5-4-6-16(20)12-17(24(23)31)14-28(15-29)19-7-2-1-3-8-19;24-15-10-11-20(28)19(13-15)26-27-21-17-9-5-4-6-14(17)12-18(22(21)29)23(30)25-16-7-2-1-3-8-16;/h1-13,15,30-31H,14H2;1-13,28-29H,(H,25,30);. The first kappa shape index (κ1) is 44.3. The quantitative estimate of drug-likeness (QED) is 0.0517. The Labute approximate surface area is 375 Å². The zero-order chi connectivity index (χ0) is 42.9. The molecule has 5 N–H and O–H groups in total. The number of phenolic OH excluding ortho intramolecular Hbond substituents is 4. The van der Waals surface area contributed by atoms with Crippen LogP contribution >= 0.6 is 23.2 Å². The molecule has 0 aromatic heterocycles. The van der Waals surface area contributed by atoms with Crippen molar-refractivity contribution in [3.8, 4) is 23.0 Å². The molecule has 15 heteroatoms. The van der Waals surface area contributed by atoms with E-state index in [1.807, 2.05) is 78.9 Å². The van der Waals surface area contributed by atoms with Crippen LogP contribution in [0.1, 0.15) is 15.9 Å². The first-order valence-electron chi connectivity index (χ1n) is 18.5. The third-order valence-electron chi connectivity index (χ3n) is 9.29. The number of aromatic hydroxyl groups is 4. The monoisotopic (exact) mass is 904 g/mol. The van der Waals surface area contributed by atoms with E-state index in [0.29, 0.717) is 43.1 Å².